The minimum Gasteiger partial charge on any atom is -0.496 e. The number of aliphatic hydroxyl groups is 1. The van der Waals surface area contributed by atoms with Gasteiger partial charge in [-0.1, -0.05) is 6.07 Å². The zero-order valence-electron chi connectivity index (χ0n) is 12.5. The van der Waals surface area contributed by atoms with Crippen molar-refractivity contribution in [2.24, 2.45) is 0 Å². The molecule has 116 valence electrons. The van der Waals surface area contributed by atoms with Gasteiger partial charge in [0, 0.05) is 13.1 Å². The molecule has 1 aliphatic heterocycles. The highest BCUT2D eigenvalue weighted by Crippen LogP contribution is 2.30. The molecule has 21 heavy (non-hydrogen) atoms. The van der Waals surface area contributed by atoms with Crippen LogP contribution in [0.3, 0.4) is 0 Å². The van der Waals surface area contributed by atoms with Gasteiger partial charge in [-0.15, -0.1) is 0 Å². The Bertz CT molecular complexity index is 483. The number of benzene rings is 1. The van der Waals surface area contributed by atoms with Crippen molar-refractivity contribution >= 4 is 5.91 Å². The molecule has 0 aromatic heterocycles. The minimum absolute atomic E-state index is 0.114. The summed E-state index contributed by atoms with van der Waals surface area (Å²) in [5, 5.41) is 9.27. The first-order chi connectivity index (χ1) is 10.1. The van der Waals surface area contributed by atoms with Crippen LogP contribution in [0.25, 0.3) is 0 Å². The molecule has 1 aliphatic rings. The van der Waals surface area contributed by atoms with Crippen LogP contribution in [0.15, 0.2) is 18.2 Å². The summed E-state index contributed by atoms with van der Waals surface area (Å²) in [6.45, 7) is 2.58. The largest absolute Gasteiger partial charge is 0.496 e. The molecule has 1 aromatic carbocycles. The SMILES string of the molecule is COc1cccc(OC)c1C(=O)N1CC(C)OC(CO)C1. The van der Waals surface area contributed by atoms with Crippen molar-refractivity contribution in [2.45, 2.75) is 19.1 Å². The Morgan fingerprint density at radius 2 is 1.95 bits per heavy atom. The third-order valence-corrected chi connectivity index (χ3v) is 3.46. The van der Waals surface area contributed by atoms with Crippen LogP contribution in [0.4, 0.5) is 0 Å². The van der Waals surface area contributed by atoms with E-state index in [-0.39, 0.29) is 24.7 Å². The number of amides is 1. The molecule has 6 heteroatoms. The zero-order chi connectivity index (χ0) is 15.4. The number of morpholine rings is 1. The predicted octanol–water partition coefficient (Wildman–Crippen LogP) is 0.926. The van der Waals surface area contributed by atoms with Gasteiger partial charge >= 0.3 is 0 Å². The van der Waals surface area contributed by atoms with Crippen molar-refractivity contribution < 1.29 is 24.1 Å². The lowest BCUT2D eigenvalue weighted by Gasteiger charge is -2.36. The van der Waals surface area contributed by atoms with Gasteiger partial charge in [0.05, 0.1) is 33.0 Å². The summed E-state index contributed by atoms with van der Waals surface area (Å²) < 4.78 is 16.1. The fourth-order valence-corrected chi connectivity index (χ4v) is 2.53. The highest BCUT2D eigenvalue weighted by molar-refractivity contribution is 5.99. The van der Waals surface area contributed by atoms with E-state index in [9.17, 15) is 9.90 Å². The molecule has 0 spiro atoms. The van der Waals surface area contributed by atoms with Gasteiger partial charge in [-0.25, -0.2) is 0 Å². The van der Waals surface area contributed by atoms with Crippen LogP contribution in [0.5, 0.6) is 11.5 Å². The van der Waals surface area contributed by atoms with Crippen molar-refractivity contribution in [3.05, 3.63) is 23.8 Å². The summed E-state index contributed by atoms with van der Waals surface area (Å²) in [5.41, 5.74) is 0.397. The number of aliphatic hydroxyl groups excluding tert-OH is 1. The Morgan fingerprint density at radius 3 is 2.48 bits per heavy atom. The molecule has 0 bridgehead atoms. The molecule has 1 amide bonds. The molecule has 1 N–H and O–H groups in total. The van der Waals surface area contributed by atoms with Crippen LogP contribution in [0.2, 0.25) is 0 Å². The first-order valence-electron chi connectivity index (χ1n) is 6.87. The lowest BCUT2D eigenvalue weighted by atomic mass is 10.1. The number of carbonyl (C=O) groups excluding carboxylic acids is 1. The molecule has 2 rings (SSSR count). The molecule has 6 nitrogen and oxygen atoms in total. The highest BCUT2D eigenvalue weighted by Gasteiger charge is 2.31. The van der Waals surface area contributed by atoms with Gasteiger partial charge in [0.15, 0.2) is 0 Å². The van der Waals surface area contributed by atoms with Gasteiger partial charge < -0.3 is 24.2 Å². The quantitative estimate of drug-likeness (QED) is 0.895. The van der Waals surface area contributed by atoms with Crippen LogP contribution >= 0.6 is 0 Å². The van der Waals surface area contributed by atoms with Crippen molar-refractivity contribution in [3.8, 4) is 11.5 Å². The monoisotopic (exact) mass is 295 g/mol. The van der Waals surface area contributed by atoms with Gasteiger partial charge in [-0.3, -0.25) is 4.79 Å². The summed E-state index contributed by atoms with van der Waals surface area (Å²) in [7, 11) is 3.04. The van der Waals surface area contributed by atoms with Crippen molar-refractivity contribution in [1.29, 1.82) is 0 Å². The number of rotatable bonds is 4. The van der Waals surface area contributed by atoms with Crippen molar-refractivity contribution in [3.63, 3.8) is 0 Å². The van der Waals surface area contributed by atoms with E-state index in [1.54, 1.807) is 23.1 Å². The van der Waals surface area contributed by atoms with Gasteiger partial charge in [0.1, 0.15) is 17.1 Å². The minimum atomic E-state index is -0.363. The standard InChI is InChI=1S/C15H21NO5/c1-10-7-16(8-11(9-17)21-10)15(18)14-12(19-2)5-4-6-13(14)20-3/h4-6,10-11,17H,7-9H2,1-3H3. The normalized spacial score (nSPS) is 22.0. The second-order valence-electron chi connectivity index (χ2n) is 5.00. The maximum absolute atomic E-state index is 12.8. The number of hydrogen-bond donors (Lipinski definition) is 1. The van der Waals surface area contributed by atoms with Gasteiger partial charge in [-0.05, 0) is 19.1 Å². The molecular formula is C15H21NO5. The van der Waals surface area contributed by atoms with Gasteiger partial charge in [0.25, 0.3) is 5.91 Å². The Balaban J connectivity index is 2.31. The first kappa shape index (κ1) is 15.6. The smallest absolute Gasteiger partial charge is 0.261 e. The molecule has 1 heterocycles. The predicted molar refractivity (Wildman–Crippen MR) is 76.9 cm³/mol. The molecule has 0 saturated carbocycles. The fourth-order valence-electron chi connectivity index (χ4n) is 2.53. The Kier molecular flexibility index (Phi) is 5.03. The molecule has 0 radical (unpaired) electrons. The molecule has 1 fully saturated rings. The second kappa shape index (κ2) is 6.78. The number of carbonyl (C=O) groups is 1. The molecule has 1 aromatic rings. The van der Waals surface area contributed by atoms with Crippen LogP contribution in [0.1, 0.15) is 17.3 Å². The lowest BCUT2D eigenvalue weighted by molar-refractivity contribution is -0.0859. The maximum atomic E-state index is 12.8. The first-order valence-corrected chi connectivity index (χ1v) is 6.87. The van der Waals surface area contributed by atoms with Crippen molar-refractivity contribution in [2.75, 3.05) is 33.9 Å². The van der Waals surface area contributed by atoms with Crippen LogP contribution in [-0.4, -0.2) is 62.0 Å². The van der Waals surface area contributed by atoms with E-state index in [2.05, 4.69) is 0 Å². The van der Waals surface area contributed by atoms with Gasteiger partial charge in [-0.2, -0.15) is 0 Å². The highest BCUT2D eigenvalue weighted by atomic mass is 16.5. The third kappa shape index (κ3) is 3.28. The Hall–Kier alpha value is -1.79. The molecule has 2 unspecified atom stereocenters. The van der Waals surface area contributed by atoms with Gasteiger partial charge in [0.2, 0.25) is 0 Å². The molecule has 1 saturated heterocycles. The third-order valence-electron chi connectivity index (χ3n) is 3.46. The van der Waals surface area contributed by atoms with E-state index in [1.165, 1.54) is 14.2 Å². The molecule has 2 atom stereocenters. The van der Waals surface area contributed by atoms with Crippen molar-refractivity contribution in [1.82, 2.24) is 4.90 Å². The van der Waals surface area contributed by atoms with E-state index in [4.69, 9.17) is 14.2 Å². The summed E-state index contributed by atoms with van der Waals surface area (Å²) in [6, 6.07) is 5.22. The van der Waals surface area contributed by atoms with Crippen LogP contribution < -0.4 is 9.47 Å². The van der Waals surface area contributed by atoms with Crippen LogP contribution in [0, 0.1) is 0 Å². The summed E-state index contributed by atoms with van der Waals surface area (Å²) >= 11 is 0. The van der Waals surface area contributed by atoms with E-state index >= 15 is 0 Å². The number of ether oxygens (including phenoxy) is 3. The Labute approximate surface area is 124 Å². The number of hydrogen-bond acceptors (Lipinski definition) is 5. The second-order valence-corrected chi connectivity index (χ2v) is 5.00. The average Bonchev–Trinajstić information content (AvgIpc) is 2.52. The maximum Gasteiger partial charge on any atom is 0.261 e. The van der Waals surface area contributed by atoms with E-state index in [0.29, 0.717) is 30.2 Å². The average molecular weight is 295 g/mol. The Morgan fingerprint density at radius 1 is 1.33 bits per heavy atom. The lowest BCUT2D eigenvalue weighted by Crippen LogP contribution is -2.50. The van der Waals surface area contributed by atoms with E-state index in [1.807, 2.05) is 6.92 Å². The topological polar surface area (TPSA) is 68.2 Å². The van der Waals surface area contributed by atoms with E-state index in [0.717, 1.165) is 0 Å². The van der Waals surface area contributed by atoms with Crippen LogP contribution in [-0.2, 0) is 4.74 Å². The fraction of sp³-hybridized carbons (Fsp3) is 0.533. The summed E-state index contributed by atoms with van der Waals surface area (Å²) in [6.07, 6.45) is -0.487. The summed E-state index contributed by atoms with van der Waals surface area (Å²) in [4.78, 5) is 14.5. The number of methoxy groups -OCH3 is 2. The number of nitrogens with zero attached hydrogens (tertiary/aromatic N) is 1. The molecule has 0 aliphatic carbocycles. The zero-order valence-corrected chi connectivity index (χ0v) is 12.5. The summed E-state index contributed by atoms with van der Waals surface area (Å²) in [5.74, 6) is 0.760. The van der Waals surface area contributed by atoms with E-state index < -0.39 is 0 Å². The molecular weight excluding hydrogens is 274 g/mol.